The molecule has 148 valence electrons. The topological polar surface area (TPSA) is 70.3 Å². The van der Waals surface area contributed by atoms with Gasteiger partial charge in [0.25, 0.3) is 5.88 Å². The van der Waals surface area contributed by atoms with Crippen molar-refractivity contribution in [1.29, 1.82) is 0 Å². The number of aryl methyl sites for hydroxylation is 1. The van der Waals surface area contributed by atoms with Crippen LogP contribution in [0.3, 0.4) is 0 Å². The van der Waals surface area contributed by atoms with E-state index in [9.17, 15) is 13.2 Å². The van der Waals surface area contributed by atoms with Crippen LogP contribution >= 0.6 is 0 Å². The number of ether oxygens (including phenoxy) is 2. The van der Waals surface area contributed by atoms with E-state index >= 15 is 0 Å². The molecule has 0 fully saturated rings. The summed E-state index contributed by atoms with van der Waals surface area (Å²) in [6, 6.07) is 11.0. The molecule has 0 spiro atoms. The molecular formula is C20H14F3N3O3. The number of hydrogen-bond acceptors (Lipinski definition) is 6. The van der Waals surface area contributed by atoms with E-state index in [-0.39, 0.29) is 18.2 Å². The maximum atomic E-state index is 12.3. The van der Waals surface area contributed by atoms with Crippen molar-refractivity contribution in [2.45, 2.75) is 19.9 Å². The van der Waals surface area contributed by atoms with E-state index in [1.165, 1.54) is 12.1 Å². The Kier molecular flexibility index (Phi) is 4.79. The average Bonchev–Trinajstić information content (AvgIpc) is 3.08. The summed E-state index contributed by atoms with van der Waals surface area (Å²) in [5.41, 5.74) is 2.93. The number of alkyl halides is 3. The molecule has 0 aliphatic heterocycles. The van der Waals surface area contributed by atoms with E-state index < -0.39 is 6.36 Å². The van der Waals surface area contributed by atoms with Gasteiger partial charge in [-0.2, -0.15) is 0 Å². The van der Waals surface area contributed by atoms with Gasteiger partial charge in [0.1, 0.15) is 12.4 Å². The number of hydrogen-bond donors (Lipinski definition) is 0. The van der Waals surface area contributed by atoms with Gasteiger partial charge < -0.3 is 14.0 Å². The van der Waals surface area contributed by atoms with Gasteiger partial charge in [-0.05, 0) is 59.1 Å². The normalized spacial score (nSPS) is 11.6. The molecule has 4 rings (SSSR count). The number of halogens is 3. The highest BCUT2D eigenvalue weighted by Crippen LogP contribution is 2.34. The van der Waals surface area contributed by atoms with Gasteiger partial charge in [0.15, 0.2) is 11.4 Å². The second kappa shape index (κ2) is 7.42. The highest BCUT2D eigenvalue weighted by molar-refractivity contribution is 5.89. The second-order valence-electron chi connectivity index (χ2n) is 6.18. The van der Waals surface area contributed by atoms with Gasteiger partial charge in [0, 0.05) is 12.4 Å². The molecule has 9 heteroatoms. The molecule has 0 unspecified atom stereocenters. The third kappa shape index (κ3) is 4.29. The van der Waals surface area contributed by atoms with Crippen LogP contribution in [0.25, 0.3) is 22.1 Å². The molecule has 0 aliphatic carbocycles. The molecule has 0 atom stereocenters. The molecule has 0 N–H and O–H groups in total. The lowest BCUT2D eigenvalue weighted by Crippen LogP contribution is -2.16. The molecule has 2 aromatic carbocycles. The van der Waals surface area contributed by atoms with E-state index in [2.05, 4.69) is 19.9 Å². The van der Waals surface area contributed by atoms with Crippen molar-refractivity contribution in [2.75, 3.05) is 0 Å². The number of nitrogens with zero attached hydrogens (tertiary/aromatic N) is 3. The summed E-state index contributed by atoms with van der Waals surface area (Å²) >= 11 is 0. The van der Waals surface area contributed by atoms with E-state index in [1.54, 1.807) is 36.7 Å². The van der Waals surface area contributed by atoms with E-state index in [0.717, 1.165) is 16.7 Å². The highest BCUT2D eigenvalue weighted by Gasteiger charge is 2.31. The van der Waals surface area contributed by atoms with Gasteiger partial charge >= 0.3 is 6.36 Å². The zero-order chi connectivity index (χ0) is 20.4. The fourth-order valence-electron chi connectivity index (χ4n) is 2.85. The van der Waals surface area contributed by atoms with Crippen molar-refractivity contribution in [3.8, 4) is 22.8 Å². The molecule has 2 heterocycles. The maximum absolute atomic E-state index is 12.3. The second-order valence-corrected chi connectivity index (χ2v) is 6.18. The van der Waals surface area contributed by atoms with Gasteiger partial charge in [-0.1, -0.05) is 12.1 Å². The van der Waals surface area contributed by atoms with Crippen LogP contribution in [0.5, 0.6) is 11.6 Å². The average molecular weight is 401 g/mol. The summed E-state index contributed by atoms with van der Waals surface area (Å²) < 4.78 is 52.0. The Bertz CT molecular complexity index is 1130. The zero-order valence-electron chi connectivity index (χ0n) is 15.1. The molecule has 6 nitrogen and oxygen atoms in total. The van der Waals surface area contributed by atoms with Crippen LogP contribution in [0.2, 0.25) is 0 Å². The Morgan fingerprint density at radius 3 is 2.45 bits per heavy atom. The third-order valence-electron chi connectivity index (χ3n) is 4.14. The quantitative estimate of drug-likeness (QED) is 0.465. The van der Waals surface area contributed by atoms with Gasteiger partial charge in [-0.15, -0.1) is 13.2 Å². The number of aromatic nitrogens is 3. The summed E-state index contributed by atoms with van der Waals surface area (Å²) in [6.45, 7) is 1.99. The van der Waals surface area contributed by atoms with E-state index in [4.69, 9.17) is 9.26 Å². The first-order valence-corrected chi connectivity index (χ1v) is 8.54. The summed E-state index contributed by atoms with van der Waals surface area (Å²) in [5, 5.41) is 4.58. The minimum Gasteiger partial charge on any atom is -0.467 e. The van der Waals surface area contributed by atoms with Gasteiger partial charge in [0.2, 0.25) is 0 Å². The number of fused-ring (bicyclic) bond motifs is 1. The molecule has 0 saturated heterocycles. The minimum absolute atomic E-state index is 0.120. The Labute approximate surface area is 162 Å². The SMILES string of the molecule is Cc1cc2onc(OCc3ncccn3)c2cc1-c1ccc(OC(F)(F)F)cc1. The van der Waals surface area contributed by atoms with Crippen molar-refractivity contribution in [3.63, 3.8) is 0 Å². The third-order valence-corrected chi connectivity index (χ3v) is 4.14. The first-order valence-electron chi connectivity index (χ1n) is 8.54. The monoisotopic (exact) mass is 401 g/mol. The lowest BCUT2D eigenvalue weighted by atomic mass is 9.99. The Morgan fingerprint density at radius 1 is 1.03 bits per heavy atom. The van der Waals surface area contributed by atoms with Crippen molar-refractivity contribution >= 4 is 11.0 Å². The Hall–Kier alpha value is -3.62. The summed E-state index contributed by atoms with van der Waals surface area (Å²) in [6.07, 6.45) is -1.51. The lowest BCUT2D eigenvalue weighted by molar-refractivity contribution is -0.274. The van der Waals surface area contributed by atoms with E-state index in [1.807, 2.05) is 13.0 Å². The zero-order valence-corrected chi connectivity index (χ0v) is 15.1. The van der Waals surface area contributed by atoms with Gasteiger partial charge in [-0.3, -0.25) is 0 Å². The molecule has 4 aromatic rings. The summed E-state index contributed by atoms with van der Waals surface area (Å²) in [4.78, 5) is 8.17. The maximum Gasteiger partial charge on any atom is 0.573 e. The van der Waals surface area contributed by atoms with Crippen LogP contribution < -0.4 is 9.47 Å². The predicted octanol–water partition coefficient (Wildman–Crippen LogP) is 5.07. The fourth-order valence-corrected chi connectivity index (χ4v) is 2.85. The Morgan fingerprint density at radius 2 is 1.76 bits per heavy atom. The van der Waals surface area contributed by atoms with Crippen LogP contribution in [-0.2, 0) is 6.61 Å². The van der Waals surface area contributed by atoms with Crippen molar-refractivity contribution < 1.29 is 27.2 Å². The number of rotatable bonds is 5. The first-order chi connectivity index (χ1) is 13.9. The number of benzene rings is 2. The molecule has 29 heavy (non-hydrogen) atoms. The van der Waals surface area contributed by atoms with E-state index in [0.29, 0.717) is 16.8 Å². The smallest absolute Gasteiger partial charge is 0.467 e. The predicted molar refractivity (Wildman–Crippen MR) is 97.2 cm³/mol. The summed E-state index contributed by atoms with van der Waals surface area (Å²) in [7, 11) is 0. The first kappa shape index (κ1) is 18.7. The highest BCUT2D eigenvalue weighted by atomic mass is 19.4. The van der Waals surface area contributed by atoms with Crippen molar-refractivity contribution in [1.82, 2.24) is 15.1 Å². The molecule has 0 aliphatic rings. The summed E-state index contributed by atoms with van der Waals surface area (Å²) in [5.74, 6) is 0.499. The van der Waals surface area contributed by atoms with Crippen molar-refractivity contribution in [3.05, 3.63) is 66.2 Å². The molecule has 0 radical (unpaired) electrons. The van der Waals surface area contributed by atoms with Crippen LogP contribution in [0.1, 0.15) is 11.4 Å². The molecular weight excluding hydrogens is 387 g/mol. The van der Waals surface area contributed by atoms with Crippen LogP contribution in [0, 0.1) is 6.92 Å². The lowest BCUT2D eigenvalue weighted by Gasteiger charge is -2.10. The van der Waals surface area contributed by atoms with Crippen LogP contribution in [-0.4, -0.2) is 21.5 Å². The standard InChI is InChI=1S/C20H14F3N3O3/c1-12-9-17-16(19(26-29-17)27-11-18-24-7-2-8-25-18)10-15(12)13-3-5-14(6-4-13)28-20(21,22)23/h2-10H,11H2,1H3. The van der Waals surface area contributed by atoms with Crippen LogP contribution in [0.4, 0.5) is 13.2 Å². The fraction of sp³-hybridized carbons (Fsp3) is 0.150. The van der Waals surface area contributed by atoms with Crippen molar-refractivity contribution in [2.24, 2.45) is 0 Å². The largest absolute Gasteiger partial charge is 0.573 e. The minimum atomic E-state index is -4.73. The molecule has 0 bridgehead atoms. The molecule has 0 saturated carbocycles. The molecule has 2 aromatic heterocycles. The molecule has 0 amide bonds. The Balaban J connectivity index is 1.62. The van der Waals surface area contributed by atoms with Crippen LogP contribution in [0.15, 0.2) is 59.4 Å². The van der Waals surface area contributed by atoms with Gasteiger partial charge in [0.05, 0.1) is 5.39 Å². The van der Waals surface area contributed by atoms with Gasteiger partial charge in [-0.25, -0.2) is 9.97 Å².